The zero-order valence-corrected chi connectivity index (χ0v) is 37.7. The molecule has 0 aliphatic heterocycles. The summed E-state index contributed by atoms with van der Waals surface area (Å²) >= 11 is 0. The van der Waals surface area contributed by atoms with Gasteiger partial charge in [0.05, 0.1) is 6.61 Å². The van der Waals surface area contributed by atoms with E-state index in [9.17, 15) is 4.79 Å². The van der Waals surface area contributed by atoms with E-state index in [0.717, 1.165) is 104 Å². The van der Waals surface area contributed by atoms with Gasteiger partial charge in [-0.1, -0.05) is 135 Å². The number of unbranched alkanes of at least 4 members (excludes halogenated alkanes) is 7. The summed E-state index contributed by atoms with van der Waals surface area (Å²) in [6.45, 7) is 15.6. The van der Waals surface area contributed by atoms with Gasteiger partial charge in [-0.25, -0.2) is 0 Å². The number of carbonyl (C=O) groups is 1. The Morgan fingerprint density at radius 3 is 2.21 bits per heavy atom. The molecule has 2 aromatic carbocycles. The molecule has 0 N–H and O–H groups in total. The zero-order chi connectivity index (χ0) is 41.0. The number of rotatable bonds is 20. The van der Waals surface area contributed by atoms with E-state index in [4.69, 9.17) is 9.47 Å². The molecule has 0 radical (unpaired) electrons. The fraction of sp³-hybridized carbons (Fsp3) is 0.691. The molecule has 6 rings (SSSR count). The number of hydrogen-bond donors (Lipinski definition) is 0. The molecule has 0 heterocycles. The van der Waals surface area contributed by atoms with Crippen LogP contribution in [0.25, 0.3) is 0 Å². The second kappa shape index (κ2) is 21.5. The number of carbonyl (C=O) groups excluding carboxylic acids is 1. The molecule has 318 valence electrons. The number of esters is 1. The van der Waals surface area contributed by atoms with E-state index < -0.39 is 0 Å². The van der Waals surface area contributed by atoms with Crippen molar-refractivity contribution in [3.63, 3.8) is 0 Å². The number of fused-ring (bicyclic) bond motifs is 5. The Hall–Kier alpha value is -2.99. The molecule has 3 fully saturated rings. The minimum atomic E-state index is 0.0124. The van der Waals surface area contributed by atoms with Crippen molar-refractivity contribution in [1.82, 2.24) is 0 Å². The van der Waals surface area contributed by atoms with E-state index in [0.29, 0.717) is 23.9 Å². The fourth-order valence-corrected chi connectivity index (χ4v) is 12.4. The van der Waals surface area contributed by atoms with Crippen molar-refractivity contribution in [2.75, 3.05) is 6.61 Å². The van der Waals surface area contributed by atoms with Crippen molar-refractivity contribution < 1.29 is 14.3 Å². The maximum atomic E-state index is 12.9. The van der Waals surface area contributed by atoms with E-state index in [2.05, 4.69) is 83.7 Å². The second-order valence-electron chi connectivity index (χ2n) is 20.3. The van der Waals surface area contributed by atoms with E-state index in [1.54, 1.807) is 5.57 Å². The Labute approximate surface area is 355 Å². The molecule has 0 unspecified atom stereocenters. The lowest BCUT2D eigenvalue weighted by atomic mass is 9.47. The summed E-state index contributed by atoms with van der Waals surface area (Å²) in [7, 11) is 0. The highest BCUT2D eigenvalue weighted by molar-refractivity contribution is 5.69. The Kier molecular flexibility index (Phi) is 16.5. The molecule has 0 saturated heterocycles. The van der Waals surface area contributed by atoms with Crippen LogP contribution in [0.2, 0.25) is 0 Å². The number of aryl methyl sites for hydroxylation is 1. The SMILES string of the molecule is CCCCCCc1ccc(C#Cc2ccc(OCCCCCCCC(=O)O[C@H]3CC[C@@]4(C)C(=CC[C@H]5[C@@H]6CC[C@H]([C@H](C)CCCC(C)C)[C@@]6(C)CC[C@@H]54)C3)cc2)cc1. The van der Waals surface area contributed by atoms with Gasteiger partial charge in [0.15, 0.2) is 0 Å². The van der Waals surface area contributed by atoms with Crippen molar-refractivity contribution in [3.8, 4) is 17.6 Å². The van der Waals surface area contributed by atoms with Gasteiger partial charge in [-0.2, -0.15) is 0 Å². The van der Waals surface area contributed by atoms with Crippen LogP contribution in [0.3, 0.4) is 0 Å². The number of ether oxygens (including phenoxy) is 2. The molecule has 58 heavy (non-hydrogen) atoms. The van der Waals surface area contributed by atoms with Crippen molar-refractivity contribution >= 4 is 5.97 Å². The molecule has 4 aliphatic rings. The largest absolute Gasteiger partial charge is 0.494 e. The molecular weight excluding hydrogens is 709 g/mol. The quantitative estimate of drug-likeness (QED) is 0.0580. The lowest BCUT2D eigenvalue weighted by Crippen LogP contribution is -2.51. The van der Waals surface area contributed by atoms with Crippen LogP contribution < -0.4 is 4.74 Å². The average Bonchev–Trinajstić information content (AvgIpc) is 3.58. The molecule has 0 bridgehead atoms. The van der Waals surface area contributed by atoms with Crippen LogP contribution in [0.5, 0.6) is 5.75 Å². The monoisotopic (exact) mass is 789 g/mol. The number of benzene rings is 2. The molecule has 0 spiro atoms. The van der Waals surface area contributed by atoms with Gasteiger partial charge in [0.2, 0.25) is 0 Å². The van der Waals surface area contributed by atoms with Gasteiger partial charge in [-0.15, -0.1) is 0 Å². The molecule has 8 atom stereocenters. The highest BCUT2D eigenvalue weighted by Gasteiger charge is 2.59. The minimum absolute atomic E-state index is 0.0124. The molecular formula is C55H80O3. The van der Waals surface area contributed by atoms with Crippen molar-refractivity contribution in [1.29, 1.82) is 0 Å². The predicted octanol–water partition coefficient (Wildman–Crippen LogP) is 14.9. The number of hydrogen-bond acceptors (Lipinski definition) is 3. The van der Waals surface area contributed by atoms with Gasteiger partial charge >= 0.3 is 5.97 Å². The third kappa shape index (κ3) is 11.6. The first-order chi connectivity index (χ1) is 28.1. The summed E-state index contributed by atoms with van der Waals surface area (Å²) in [5.41, 5.74) is 5.92. The van der Waals surface area contributed by atoms with Crippen LogP contribution in [0.15, 0.2) is 60.2 Å². The summed E-state index contributed by atoms with van der Waals surface area (Å²) in [5.74, 6) is 12.7. The zero-order valence-electron chi connectivity index (χ0n) is 37.7. The Balaban J connectivity index is 0.836. The highest BCUT2D eigenvalue weighted by atomic mass is 16.5. The van der Waals surface area contributed by atoms with Gasteiger partial charge in [0.1, 0.15) is 11.9 Å². The van der Waals surface area contributed by atoms with E-state index in [1.165, 1.54) is 89.0 Å². The van der Waals surface area contributed by atoms with Crippen molar-refractivity contribution in [2.24, 2.45) is 46.3 Å². The van der Waals surface area contributed by atoms with Gasteiger partial charge < -0.3 is 9.47 Å². The van der Waals surface area contributed by atoms with Crippen LogP contribution >= 0.6 is 0 Å². The molecule has 4 aliphatic carbocycles. The maximum absolute atomic E-state index is 12.9. The molecule has 0 aromatic heterocycles. The van der Waals surface area contributed by atoms with E-state index in [1.807, 2.05) is 24.3 Å². The Morgan fingerprint density at radius 2 is 1.47 bits per heavy atom. The van der Waals surface area contributed by atoms with Crippen molar-refractivity contribution in [3.05, 3.63) is 76.9 Å². The van der Waals surface area contributed by atoms with Gasteiger partial charge in [-0.3, -0.25) is 4.79 Å². The van der Waals surface area contributed by atoms with Crippen LogP contribution in [-0.4, -0.2) is 18.7 Å². The normalized spacial score (nSPS) is 28.1. The van der Waals surface area contributed by atoms with E-state index >= 15 is 0 Å². The molecule has 2 aromatic rings. The van der Waals surface area contributed by atoms with Gasteiger partial charge in [-0.05, 0) is 159 Å². The lowest BCUT2D eigenvalue weighted by Gasteiger charge is -2.58. The lowest BCUT2D eigenvalue weighted by molar-refractivity contribution is -0.151. The number of allylic oxidation sites excluding steroid dienone is 1. The van der Waals surface area contributed by atoms with Crippen LogP contribution in [0.4, 0.5) is 0 Å². The smallest absolute Gasteiger partial charge is 0.306 e. The first kappa shape index (κ1) is 44.6. The fourth-order valence-electron chi connectivity index (χ4n) is 12.4. The summed E-state index contributed by atoms with van der Waals surface area (Å²) in [4.78, 5) is 12.9. The highest BCUT2D eigenvalue weighted by Crippen LogP contribution is 2.67. The second-order valence-corrected chi connectivity index (χ2v) is 20.3. The Bertz CT molecular complexity index is 1660. The predicted molar refractivity (Wildman–Crippen MR) is 243 cm³/mol. The van der Waals surface area contributed by atoms with Gasteiger partial charge in [0, 0.05) is 24.0 Å². The molecule has 3 heteroatoms. The van der Waals surface area contributed by atoms with Crippen LogP contribution in [0, 0.1) is 58.2 Å². The topological polar surface area (TPSA) is 35.5 Å². The summed E-state index contributed by atoms with van der Waals surface area (Å²) in [5, 5.41) is 0. The van der Waals surface area contributed by atoms with Crippen LogP contribution in [0.1, 0.15) is 193 Å². The first-order valence-electron chi connectivity index (χ1n) is 24.3. The van der Waals surface area contributed by atoms with E-state index in [-0.39, 0.29) is 12.1 Å². The first-order valence-corrected chi connectivity index (χ1v) is 24.3. The standard InChI is InChI=1S/C55H80O3/c1-7-8-9-13-19-43-21-23-44(24-22-43)25-26-45-27-30-47(31-28-45)57-39-15-12-10-11-14-20-53(56)58-48-35-37-54(5)46(40-48)29-32-49-51-34-33-50(42(4)18-16-17-41(2)3)55(51,6)38-36-52(49)54/h21-24,27-31,41-42,48-52H,7-20,32-40H2,1-6H3/t42-,48+,49+,50-,51+,52+,54+,55-/m1/s1. The summed E-state index contributed by atoms with van der Waals surface area (Å²) in [6.07, 6.45) is 29.2. The Morgan fingerprint density at radius 1 is 0.759 bits per heavy atom. The minimum Gasteiger partial charge on any atom is -0.494 e. The van der Waals surface area contributed by atoms with Crippen molar-refractivity contribution in [2.45, 2.75) is 189 Å². The summed E-state index contributed by atoms with van der Waals surface area (Å²) < 4.78 is 12.2. The van der Waals surface area contributed by atoms with Gasteiger partial charge in [0.25, 0.3) is 0 Å². The molecule has 0 amide bonds. The molecule has 3 nitrogen and oxygen atoms in total. The average molecular weight is 789 g/mol. The third-order valence-corrected chi connectivity index (χ3v) is 15.8. The summed E-state index contributed by atoms with van der Waals surface area (Å²) in [6, 6.07) is 16.9. The third-order valence-electron chi connectivity index (χ3n) is 15.8. The maximum Gasteiger partial charge on any atom is 0.306 e. The van der Waals surface area contributed by atoms with Crippen LogP contribution in [-0.2, 0) is 16.0 Å². The molecule has 3 saturated carbocycles.